The van der Waals surface area contributed by atoms with E-state index >= 15 is 0 Å². The van der Waals surface area contributed by atoms with Crippen LogP contribution in [0, 0.1) is 5.92 Å². The van der Waals surface area contributed by atoms with Crippen LogP contribution in [-0.2, 0) is 14.3 Å². The molecule has 1 aliphatic heterocycles. The Kier molecular flexibility index (Phi) is 7.42. The molecule has 0 spiro atoms. The Morgan fingerprint density at radius 3 is 2.60 bits per heavy atom. The van der Waals surface area contributed by atoms with Gasteiger partial charge in [0, 0.05) is 13.0 Å². The van der Waals surface area contributed by atoms with Crippen LogP contribution in [0.5, 0.6) is 0 Å². The summed E-state index contributed by atoms with van der Waals surface area (Å²) in [6, 6.07) is 0. The summed E-state index contributed by atoms with van der Waals surface area (Å²) in [6.45, 7) is 1.28. The fraction of sp³-hybridized carbons (Fsp3) is 0.941. The van der Waals surface area contributed by atoms with Gasteiger partial charge in [-0.2, -0.15) is 0 Å². The molecule has 2 fully saturated rings. The fourth-order valence-electron chi connectivity index (χ4n) is 3.39. The van der Waals surface area contributed by atoms with Gasteiger partial charge in [-0.1, -0.05) is 51.4 Å². The highest BCUT2D eigenvalue weighted by molar-refractivity contribution is 5.69. The summed E-state index contributed by atoms with van der Waals surface area (Å²) < 4.78 is 10.7. The molecular weight excluding hydrogens is 252 g/mol. The summed E-state index contributed by atoms with van der Waals surface area (Å²) in [5, 5.41) is 0. The van der Waals surface area contributed by atoms with Crippen LogP contribution in [0.15, 0.2) is 0 Å². The van der Waals surface area contributed by atoms with Crippen LogP contribution in [-0.4, -0.2) is 25.3 Å². The van der Waals surface area contributed by atoms with E-state index in [0.29, 0.717) is 13.0 Å². The summed E-state index contributed by atoms with van der Waals surface area (Å²) in [4.78, 5) is 11.6. The van der Waals surface area contributed by atoms with Crippen LogP contribution in [0.3, 0.4) is 0 Å². The molecule has 1 saturated heterocycles. The molecule has 116 valence electrons. The zero-order valence-electron chi connectivity index (χ0n) is 12.8. The van der Waals surface area contributed by atoms with E-state index in [1.165, 1.54) is 51.4 Å². The van der Waals surface area contributed by atoms with E-state index in [0.717, 1.165) is 31.8 Å². The molecule has 0 amide bonds. The molecule has 1 aliphatic carbocycles. The van der Waals surface area contributed by atoms with Crippen molar-refractivity contribution in [3.63, 3.8) is 0 Å². The maximum Gasteiger partial charge on any atom is 0.305 e. The molecule has 3 heteroatoms. The van der Waals surface area contributed by atoms with Crippen LogP contribution in [0.25, 0.3) is 0 Å². The number of hydrogen-bond acceptors (Lipinski definition) is 3. The highest BCUT2D eigenvalue weighted by Gasteiger charge is 2.17. The first-order chi connectivity index (χ1) is 9.84. The summed E-state index contributed by atoms with van der Waals surface area (Å²) in [5.41, 5.74) is 0. The standard InChI is InChI=1S/C17H30O3/c18-17(20-14-16-11-7-13-19-16)12-6-2-5-10-15-8-3-1-4-9-15/h15-16H,1-14H2/t16-/m1/s1. The van der Waals surface area contributed by atoms with Gasteiger partial charge in [-0.15, -0.1) is 0 Å². The van der Waals surface area contributed by atoms with Gasteiger partial charge < -0.3 is 9.47 Å². The number of rotatable bonds is 8. The molecule has 1 heterocycles. The molecule has 20 heavy (non-hydrogen) atoms. The van der Waals surface area contributed by atoms with Crippen LogP contribution < -0.4 is 0 Å². The molecule has 1 atom stereocenters. The number of carbonyl (C=O) groups is 1. The van der Waals surface area contributed by atoms with Gasteiger partial charge in [0.25, 0.3) is 0 Å². The molecule has 0 bridgehead atoms. The maximum atomic E-state index is 11.6. The average molecular weight is 282 g/mol. The van der Waals surface area contributed by atoms with Crippen molar-refractivity contribution in [2.45, 2.75) is 83.2 Å². The second-order valence-corrected chi connectivity index (χ2v) is 6.42. The Hall–Kier alpha value is -0.570. The molecule has 1 saturated carbocycles. The Bertz CT molecular complexity index is 265. The normalized spacial score (nSPS) is 23.9. The molecule has 0 aromatic carbocycles. The lowest BCUT2D eigenvalue weighted by atomic mass is 9.85. The Morgan fingerprint density at radius 1 is 1.00 bits per heavy atom. The molecule has 2 aliphatic rings. The Labute approximate surface area is 123 Å². The molecule has 0 radical (unpaired) electrons. The van der Waals surface area contributed by atoms with Gasteiger partial charge in [0.2, 0.25) is 0 Å². The van der Waals surface area contributed by atoms with Gasteiger partial charge in [0.1, 0.15) is 6.61 Å². The minimum Gasteiger partial charge on any atom is -0.463 e. The van der Waals surface area contributed by atoms with Crippen LogP contribution in [0.1, 0.15) is 77.0 Å². The predicted molar refractivity (Wildman–Crippen MR) is 79.6 cm³/mol. The van der Waals surface area contributed by atoms with Gasteiger partial charge in [0.15, 0.2) is 0 Å². The first-order valence-corrected chi connectivity index (χ1v) is 8.62. The minimum absolute atomic E-state index is 0.0434. The Morgan fingerprint density at radius 2 is 1.85 bits per heavy atom. The third-order valence-electron chi connectivity index (χ3n) is 4.67. The average Bonchev–Trinajstić information content (AvgIpc) is 2.99. The van der Waals surface area contributed by atoms with Crippen molar-refractivity contribution >= 4 is 5.97 Å². The molecule has 0 aromatic heterocycles. The minimum atomic E-state index is -0.0434. The topological polar surface area (TPSA) is 35.5 Å². The summed E-state index contributed by atoms with van der Waals surface area (Å²) >= 11 is 0. The van der Waals surface area contributed by atoms with Crippen LogP contribution in [0.2, 0.25) is 0 Å². The van der Waals surface area contributed by atoms with Gasteiger partial charge in [-0.25, -0.2) is 0 Å². The van der Waals surface area contributed by atoms with Crippen molar-refractivity contribution in [3.05, 3.63) is 0 Å². The number of unbranched alkanes of at least 4 members (excludes halogenated alkanes) is 2. The van der Waals surface area contributed by atoms with Crippen molar-refractivity contribution in [1.82, 2.24) is 0 Å². The zero-order chi connectivity index (χ0) is 14.0. The van der Waals surface area contributed by atoms with Crippen LogP contribution in [0.4, 0.5) is 0 Å². The van der Waals surface area contributed by atoms with Crippen molar-refractivity contribution in [1.29, 1.82) is 0 Å². The zero-order valence-corrected chi connectivity index (χ0v) is 12.8. The van der Waals surface area contributed by atoms with E-state index in [-0.39, 0.29) is 12.1 Å². The molecule has 0 unspecified atom stereocenters. The summed E-state index contributed by atoms with van der Waals surface area (Å²) in [5.74, 6) is 0.924. The molecule has 3 nitrogen and oxygen atoms in total. The molecular formula is C17H30O3. The van der Waals surface area contributed by atoms with E-state index in [4.69, 9.17) is 9.47 Å². The van der Waals surface area contributed by atoms with Crippen molar-refractivity contribution in [3.8, 4) is 0 Å². The quantitative estimate of drug-likeness (QED) is 0.493. The predicted octanol–water partition coefficient (Wildman–Crippen LogP) is 4.24. The highest BCUT2D eigenvalue weighted by Crippen LogP contribution is 2.28. The summed E-state index contributed by atoms with van der Waals surface area (Å²) in [7, 11) is 0. The van der Waals surface area contributed by atoms with Gasteiger partial charge >= 0.3 is 5.97 Å². The number of ether oxygens (including phenoxy) is 2. The van der Waals surface area contributed by atoms with Gasteiger partial charge in [-0.05, 0) is 25.2 Å². The van der Waals surface area contributed by atoms with Crippen LogP contribution >= 0.6 is 0 Å². The van der Waals surface area contributed by atoms with E-state index in [1.807, 2.05) is 0 Å². The molecule has 0 aromatic rings. The highest BCUT2D eigenvalue weighted by atomic mass is 16.6. The fourth-order valence-corrected chi connectivity index (χ4v) is 3.39. The first kappa shape index (κ1) is 15.8. The van der Waals surface area contributed by atoms with Gasteiger partial charge in [0.05, 0.1) is 6.10 Å². The van der Waals surface area contributed by atoms with Gasteiger partial charge in [-0.3, -0.25) is 4.79 Å². The van der Waals surface area contributed by atoms with E-state index < -0.39 is 0 Å². The van der Waals surface area contributed by atoms with Crippen molar-refractivity contribution in [2.24, 2.45) is 5.92 Å². The first-order valence-electron chi connectivity index (χ1n) is 8.62. The SMILES string of the molecule is O=C(CCCCCC1CCCCC1)OC[C@H]1CCCO1. The van der Waals surface area contributed by atoms with E-state index in [2.05, 4.69) is 0 Å². The Balaban J connectivity index is 1.40. The van der Waals surface area contributed by atoms with Crippen molar-refractivity contribution < 1.29 is 14.3 Å². The second-order valence-electron chi connectivity index (χ2n) is 6.42. The maximum absolute atomic E-state index is 11.6. The third kappa shape index (κ3) is 6.25. The number of hydrogen-bond donors (Lipinski definition) is 0. The largest absolute Gasteiger partial charge is 0.463 e. The number of carbonyl (C=O) groups excluding carboxylic acids is 1. The second kappa shape index (κ2) is 9.38. The molecule has 0 N–H and O–H groups in total. The molecule has 2 rings (SSSR count). The van der Waals surface area contributed by atoms with Crippen molar-refractivity contribution in [2.75, 3.05) is 13.2 Å². The lowest BCUT2D eigenvalue weighted by Crippen LogP contribution is -2.17. The number of esters is 1. The monoisotopic (exact) mass is 282 g/mol. The van der Waals surface area contributed by atoms with E-state index in [1.54, 1.807) is 0 Å². The van der Waals surface area contributed by atoms with E-state index in [9.17, 15) is 4.79 Å². The lowest BCUT2D eigenvalue weighted by molar-refractivity contribution is -0.147. The third-order valence-corrected chi connectivity index (χ3v) is 4.67. The summed E-state index contributed by atoms with van der Waals surface area (Å²) in [6.07, 6.45) is 14.8. The lowest BCUT2D eigenvalue weighted by Gasteiger charge is -2.21. The smallest absolute Gasteiger partial charge is 0.305 e.